The molecule has 2 N–H and O–H groups in total. The zero-order chi connectivity index (χ0) is 19.3. The van der Waals surface area contributed by atoms with Crippen LogP contribution < -0.4 is 15.6 Å². The number of ether oxygens (including phenoxy) is 1. The Bertz CT molecular complexity index is 814. The molecule has 0 spiro atoms. The fourth-order valence-corrected chi connectivity index (χ4v) is 2.37. The van der Waals surface area contributed by atoms with Gasteiger partial charge in [-0.05, 0) is 49.6 Å². The highest BCUT2D eigenvalue weighted by Crippen LogP contribution is 2.26. The molecular weight excluding hydrogens is 349 g/mol. The lowest BCUT2D eigenvalue weighted by atomic mass is 10.1. The summed E-state index contributed by atoms with van der Waals surface area (Å²) >= 11 is 0. The van der Waals surface area contributed by atoms with Crippen LogP contribution in [-0.4, -0.2) is 24.0 Å². The summed E-state index contributed by atoms with van der Waals surface area (Å²) in [4.78, 5) is 25.5. The quantitative estimate of drug-likeness (QED) is 0.823. The number of hydrogen-bond acceptors (Lipinski definition) is 3. The van der Waals surface area contributed by atoms with Gasteiger partial charge in [0.2, 0.25) is 0 Å². The number of carbonyl (C=O) groups excluding carboxylic acids is 1. The summed E-state index contributed by atoms with van der Waals surface area (Å²) in [7, 11) is 1.58. The summed E-state index contributed by atoms with van der Waals surface area (Å²) < 4.78 is 42.7. The third-order valence-electron chi connectivity index (χ3n) is 3.86. The Kier molecular flexibility index (Phi) is 6.07. The standard InChI is InChI=1S/C18H19F3N2O3/c1-11(3-4-12-5-7-13(26-2)8-6-12)22-16(24)14-9-10-15(18(19,20)21)23-17(14)25/h5-11H,3-4H2,1-2H3,(H,22,24)(H,23,25)/t11-/m0/s1. The van der Waals surface area contributed by atoms with Crippen LogP contribution in [0.3, 0.4) is 0 Å². The van der Waals surface area contributed by atoms with Gasteiger partial charge in [0.25, 0.3) is 11.5 Å². The maximum Gasteiger partial charge on any atom is 0.431 e. The van der Waals surface area contributed by atoms with Gasteiger partial charge in [0.1, 0.15) is 17.0 Å². The monoisotopic (exact) mass is 368 g/mol. The van der Waals surface area contributed by atoms with Crippen LogP contribution in [0.5, 0.6) is 5.75 Å². The molecule has 2 aromatic rings. The Balaban J connectivity index is 1.95. The maximum atomic E-state index is 12.5. The number of carbonyl (C=O) groups is 1. The van der Waals surface area contributed by atoms with Crippen molar-refractivity contribution in [3.63, 3.8) is 0 Å². The molecular formula is C18H19F3N2O3. The molecule has 0 saturated carbocycles. The van der Waals surface area contributed by atoms with E-state index in [1.165, 1.54) is 0 Å². The van der Waals surface area contributed by atoms with E-state index in [1.54, 1.807) is 19.0 Å². The summed E-state index contributed by atoms with van der Waals surface area (Å²) in [5.74, 6) is 0.0406. The van der Waals surface area contributed by atoms with Crippen LogP contribution >= 0.6 is 0 Å². The van der Waals surface area contributed by atoms with E-state index in [2.05, 4.69) is 5.32 Å². The van der Waals surface area contributed by atoms with Crippen LogP contribution in [0.25, 0.3) is 0 Å². The molecule has 1 aromatic carbocycles. The van der Waals surface area contributed by atoms with Crippen molar-refractivity contribution in [3.8, 4) is 5.75 Å². The zero-order valence-corrected chi connectivity index (χ0v) is 14.3. The van der Waals surface area contributed by atoms with Gasteiger partial charge in [0.15, 0.2) is 0 Å². The SMILES string of the molecule is COc1ccc(CC[C@H](C)NC(=O)c2ccc(C(F)(F)F)[nH]c2=O)cc1. The minimum atomic E-state index is -4.67. The van der Waals surface area contributed by atoms with E-state index in [0.717, 1.165) is 17.4 Å². The first kappa shape index (κ1) is 19.6. The number of amides is 1. The predicted molar refractivity (Wildman–Crippen MR) is 90.3 cm³/mol. The molecule has 0 aliphatic rings. The van der Waals surface area contributed by atoms with Gasteiger partial charge in [0, 0.05) is 6.04 Å². The second kappa shape index (κ2) is 8.07. The molecule has 1 amide bonds. The van der Waals surface area contributed by atoms with E-state index in [-0.39, 0.29) is 11.6 Å². The number of halogens is 3. The van der Waals surface area contributed by atoms with Crippen molar-refractivity contribution in [2.75, 3.05) is 7.11 Å². The van der Waals surface area contributed by atoms with Gasteiger partial charge in [0.05, 0.1) is 7.11 Å². The van der Waals surface area contributed by atoms with Gasteiger partial charge >= 0.3 is 6.18 Å². The molecule has 1 aromatic heterocycles. The molecule has 5 nitrogen and oxygen atoms in total. The summed E-state index contributed by atoms with van der Waals surface area (Å²) in [5, 5.41) is 2.62. The van der Waals surface area contributed by atoms with E-state index in [1.807, 2.05) is 24.3 Å². The Morgan fingerprint density at radius 1 is 1.19 bits per heavy atom. The zero-order valence-electron chi connectivity index (χ0n) is 14.3. The number of H-pyrrole nitrogens is 1. The minimum Gasteiger partial charge on any atom is -0.497 e. The van der Waals surface area contributed by atoms with Gasteiger partial charge < -0.3 is 15.0 Å². The fraction of sp³-hybridized carbons (Fsp3) is 0.333. The average Bonchev–Trinajstić information content (AvgIpc) is 2.59. The van der Waals surface area contributed by atoms with Crippen LogP contribution in [0.1, 0.15) is 35.0 Å². The number of methoxy groups -OCH3 is 1. The third-order valence-corrected chi connectivity index (χ3v) is 3.86. The smallest absolute Gasteiger partial charge is 0.431 e. The van der Waals surface area contributed by atoms with Gasteiger partial charge in [-0.25, -0.2) is 0 Å². The Hall–Kier alpha value is -2.77. The molecule has 1 heterocycles. The second-order valence-corrected chi connectivity index (χ2v) is 5.87. The lowest BCUT2D eigenvalue weighted by Crippen LogP contribution is -2.36. The number of aromatic amines is 1. The molecule has 0 saturated heterocycles. The molecule has 2 rings (SSSR count). The molecule has 0 radical (unpaired) electrons. The van der Waals surface area contributed by atoms with Crippen molar-refractivity contribution in [2.45, 2.75) is 32.0 Å². The number of pyridine rings is 1. The van der Waals surface area contributed by atoms with Gasteiger partial charge in [-0.15, -0.1) is 0 Å². The van der Waals surface area contributed by atoms with Crippen molar-refractivity contribution in [3.05, 3.63) is 63.6 Å². The Labute approximate surface area is 148 Å². The van der Waals surface area contributed by atoms with E-state index in [0.29, 0.717) is 18.9 Å². The van der Waals surface area contributed by atoms with E-state index in [9.17, 15) is 22.8 Å². The lowest BCUT2D eigenvalue weighted by molar-refractivity contribution is -0.141. The molecule has 0 fully saturated rings. The Morgan fingerprint density at radius 3 is 2.38 bits per heavy atom. The van der Waals surface area contributed by atoms with E-state index < -0.39 is 23.3 Å². The van der Waals surface area contributed by atoms with Crippen LogP contribution in [-0.2, 0) is 12.6 Å². The number of rotatable bonds is 6. The molecule has 140 valence electrons. The van der Waals surface area contributed by atoms with E-state index >= 15 is 0 Å². The average molecular weight is 368 g/mol. The van der Waals surface area contributed by atoms with Gasteiger partial charge in [-0.2, -0.15) is 13.2 Å². The molecule has 8 heteroatoms. The molecule has 0 aliphatic heterocycles. The van der Waals surface area contributed by atoms with Crippen LogP contribution in [0, 0.1) is 0 Å². The minimum absolute atomic E-state index is 0.258. The molecule has 1 atom stereocenters. The van der Waals surface area contributed by atoms with Crippen LogP contribution in [0.15, 0.2) is 41.2 Å². The highest BCUT2D eigenvalue weighted by atomic mass is 19.4. The maximum absolute atomic E-state index is 12.5. The molecule has 0 aliphatic carbocycles. The summed E-state index contributed by atoms with van der Waals surface area (Å²) in [6.07, 6.45) is -3.37. The van der Waals surface area contributed by atoms with Crippen molar-refractivity contribution >= 4 is 5.91 Å². The van der Waals surface area contributed by atoms with Crippen molar-refractivity contribution in [2.24, 2.45) is 0 Å². The highest BCUT2D eigenvalue weighted by Gasteiger charge is 2.32. The number of alkyl halides is 3. The van der Waals surface area contributed by atoms with Crippen molar-refractivity contribution in [1.29, 1.82) is 0 Å². The molecule has 0 bridgehead atoms. The van der Waals surface area contributed by atoms with Gasteiger partial charge in [-0.1, -0.05) is 12.1 Å². The topological polar surface area (TPSA) is 71.2 Å². The van der Waals surface area contributed by atoms with Gasteiger partial charge in [-0.3, -0.25) is 9.59 Å². The summed E-state index contributed by atoms with van der Waals surface area (Å²) in [6.45, 7) is 1.76. The normalized spacial score (nSPS) is 12.5. The van der Waals surface area contributed by atoms with E-state index in [4.69, 9.17) is 4.74 Å². The van der Waals surface area contributed by atoms with Crippen molar-refractivity contribution in [1.82, 2.24) is 10.3 Å². The van der Waals surface area contributed by atoms with Crippen molar-refractivity contribution < 1.29 is 22.7 Å². The summed E-state index contributed by atoms with van der Waals surface area (Å²) in [5.41, 5.74) is -1.56. The number of benzene rings is 1. The third kappa shape index (κ3) is 5.11. The second-order valence-electron chi connectivity index (χ2n) is 5.87. The summed E-state index contributed by atoms with van der Waals surface area (Å²) in [6, 6.07) is 8.79. The number of aryl methyl sites for hydroxylation is 1. The van der Waals surface area contributed by atoms with Crippen LogP contribution in [0.4, 0.5) is 13.2 Å². The van der Waals surface area contributed by atoms with Crippen LogP contribution in [0.2, 0.25) is 0 Å². The lowest BCUT2D eigenvalue weighted by Gasteiger charge is -2.14. The first-order chi connectivity index (χ1) is 12.2. The fourth-order valence-electron chi connectivity index (χ4n) is 2.37. The first-order valence-corrected chi connectivity index (χ1v) is 7.95. The highest BCUT2D eigenvalue weighted by molar-refractivity contribution is 5.93. The number of aromatic nitrogens is 1. The molecule has 26 heavy (non-hydrogen) atoms. The molecule has 0 unspecified atom stereocenters. The largest absolute Gasteiger partial charge is 0.497 e. The number of nitrogens with one attached hydrogen (secondary N) is 2. The Morgan fingerprint density at radius 2 is 1.85 bits per heavy atom. The first-order valence-electron chi connectivity index (χ1n) is 7.95. The predicted octanol–water partition coefficient (Wildman–Crippen LogP) is 3.15. The number of hydrogen-bond donors (Lipinski definition) is 2.